The number of aromatic nitrogens is 2. The van der Waals surface area contributed by atoms with Crippen molar-refractivity contribution in [2.75, 3.05) is 0 Å². The monoisotopic (exact) mass is 244 g/mol. The van der Waals surface area contributed by atoms with Crippen LogP contribution in [0.4, 0.5) is 0 Å². The highest BCUT2D eigenvalue weighted by Gasteiger charge is 2.09. The molecule has 0 saturated carbocycles. The SMILES string of the molecule is CCCCCc1nc2ccccc2n1CCCC. The molecule has 0 aliphatic heterocycles. The fraction of sp³-hybridized carbons (Fsp3) is 0.562. The molecule has 1 aromatic heterocycles. The molecule has 0 fully saturated rings. The average Bonchev–Trinajstić information content (AvgIpc) is 2.74. The van der Waals surface area contributed by atoms with Crippen LogP contribution in [0.1, 0.15) is 51.8 Å². The average molecular weight is 244 g/mol. The lowest BCUT2D eigenvalue weighted by Gasteiger charge is -2.08. The number of para-hydroxylation sites is 2. The second-order valence-corrected chi connectivity index (χ2v) is 4.98. The Hall–Kier alpha value is -1.31. The third-order valence-corrected chi connectivity index (χ3v) is 3.47. The molecule has 0 N–H and O–H groups in total. The first-order valence-electron chi connectivity index (χ1n) is 7.31. The van der Waals surface area contributed by atoms with E-state index >= 15 is 0 Å². The Kier molecular flexibility index (Phi) is 4.80. The molecule has 98 valence electrons. The van der Waals surface area contributed by atoms with Gasteiger partial charge in [-0.1, -0.05) is 45.2 Å². The van der Waals surface area contributed by atoms with Gasteiger partial charge in [0.05, 0.1) is 11.0 Å². The smallest absolute Gasteiger partial charge is 0.109 e. The molecule has 0 saturated heterocycles. The summed E-state index contributed by atoms with van der Waals surface area (Å²) < 4.78 is 2.43. The number of benzene rings is 1. The fourth-order valence-electron chi connectivity index (χ4n) is 2.42. The summed E-state index contributed by atoms with van der Waals surface area (Å²) in [6, 6.07) is 8.51. The lowest BCUT2D eigenvalue weighted by molar-refractivity contribution is 0.597. The molecule has 0 radical (unpaired) electrons. The second kappa shape index (κ2) is 6.58. The maximum absolute atomic E-state index is 4.80. The van der Waals surface area contributed by atoms with E-state index in [9.17, 15) is 0 Å². The van der Waals surface area contributed by atoms with Crippen molar-refractivity contribution in [1.82, 2.24) is 9.55 Å². The van der Waals surface area contributed by atoms with Crippen LogP contribution in [0.5, 0.6) is 0 Å². The minimum absolute atomic E-state index is 1.11. The molecule has 0 amide bonds. The molecule has 0 aliphatic rings. The van der Waals surface area contributed by atoms with Gasteiger partial charge in [0.2, 0.25) is 0 Å². The number of rotatable bonds is 7. The molecular formula is C16H24N2. The molecule has 2 aromatic rings. The van der Waals surface area contributed by atoms with Crippen molar-refractivity contribution < 1.29 is 0 Å². The third-order valence-electron chi connectivity index (χ3n) is 3.47. The summed E-state index contributed by atoms with van der Waals surface area (Å²) in [7, 11) is 0. The van der Waals surface area contributed by atoms with Gasteiger partial charge in [-0.15, -0.1) is 0 Å². The van der Waals surface area contributed by atoms with Crippen LogP contribution in [0.2, 0.25) is 0 Å². The maximum Gasteiger partial charge on any atom is 0.109 e. The van der Waals surface area contributed by atoms with Gasteiger partial charge in [0.1, 0.15) is 5.82 Å². The quantitative estimate of drug-likeness (QED) is 0.652. The number of imidazole rings is 1. The van der Waals surface area contributed by atoms with E-state index in [0.717, 1.165) is 18.5 Å². The van der Waals surface area contributed by atoms with Crippen LogP contribution in [0.25, 0.3) is 11.0 Å². The summed E-state index contributed by atoms with van der Waals surface area (Å²) in [4.78, 5) is 4.80. The normalized spacial score (nSPS) is 11.2. The lowest BCUT2D eigenvalue weighted by atomic mass is 10.2. The van der Waals surface area contributed by atoms with Crippen molar-refractivity contribution in [2.45, 2.75) is 58.9 Å². The van der Waals surface area contributed by atoms with Crippen LogP contribution >= 0.6 is 0 Å². The van der Waals surface area contributed by atoms with E-state index in [0.29, 0.717) is 0 Å². The number of hydrogen-bond acceptors (Lipinski definition) is 1. The molecule has 0 spiro atoms. The number of nitrogens with zero attached hydrogens (tertiary/aromatic N) is 2. The fourth-order valence-corrected chi connectivity index (χ4v) is 2.42. The van der Waals surface area contributed by atoms with Crippen molar-refractivity contribution in [3.63, 3.8) is 0 Å². The van der Waals surface area contributed by atoms with E-state index in [-0.39, 0.29) is 0 Å². The summed E-state index contributed by atoms with van der Waals surface area (Å²) in [5.41, 5.74) is 2.46. The highest BCUT2D eigenvalue weighted by atomic mass is 15.1. The Labute approximate surface area is 110 Å². The van der Waals surface area contributed by atoms with Gasteiger partial charge in [-0.25, -0.2) is 4.98 Å². The zero-order valence-corrected chi connectivity index (χ0v) is 11.7. The predicted molar refractivity (Wildman–Crippen MR) is 77.9 cm³/mol. The Morgan fingerprint density at radius 2 is 1.78 bits per heavy atom. The minimum atomic E-state index is 1.11. The topological polar surface area (TPSA) is 17.8 Å². The van der Waals surface area contributed by atoms with Gasteiger partial charge in [-0.3, -0.25) is 0 Å². The molecule has 1 aromatic carbocycles. The third kappa shape index (κ3) is 2.92. The molecular weight excluding hydrogens is 220 g/mol. The van der Waals surface area contributed by atoms with Gasteiger partial charge in [-0.05, 0) is 25.0 Å². The van der Waals surface area contributed by atoms with Gasteiger partial charge in [-0.2, -0.15) is 0 Å². The number of aryl methyl sites for hydroxylation is 2. The first kappa shape index (κ1) is 13.1. The Bertz CT molecular complexity index is 485. The molecule has 0 unspecified atom stereocenters. The second-order valence-electron chi connectivity index (χ2n) is 4.98. The molecule has 2 nitrogen and oxygen atoms in total. The van der Waals surface area contributed by atoms with Crippen LogP contribution in [0, 0.1) is 0 Å². The van der Waals surface area contributed by atoms with Crippen LogP contribution in [0.3, 0.4) is 0 Å². The molecule has 0 aliphatic carbocycles. The maximum atomic E-state index is 4.80. The molecule has 0 atom stereocenters. The first-order valence-corrected chi connectivity index (χ1v) is 7.31. The largest absolute Gasteiger partial charge is 0.328 e. The van der Waals surface area contributed by atoms with E-state index in [1.807, 2.05) is 0 Å². The van der Waals surface area contributed by atoms with Crippen LogP contribution in [0.15, 0.2) is 24.3 Å². The molecule has 18 heavy (non-hydrogen) atoms. The summed E-state index contributed by atoms with van der Waals surface area (Å²) in [6.45, 7) is 5.61. The summed E-state index contributed by atoms with van der Waals surface area (Å²) in [5.74, 6) is 1.28. The van der Waals surface area contributed by atoms with E-state index in [1.165, 1.54) is 43.4 Å². The Morgan fingerprint density at radius 1 is 1.00 bits per heavy atom. The number of hydrogen-bond donors (Lipinski definition) is 0. The van der Waals surface area contributed by atoms with Crippen molar-refractivity contribution >= 4 is 11.0 Å². The van der Waals surface area contributed by atoms with Crippen molar-refractivity contribution in [3.8, 4) is 0 Å². The molecule has 0 bridgehead atoms. The van der Waals surface area contributed by atoms with Crippen molar-refractivity contribution in [3.05, 3.63) is 30.1 Å². The van der Waals surface area contributed by atoms with Crippen molar-refractivity contribution in [2.24, 2.45) is 0 Å². The van der Waals surface area contributed by atoms with Gasteiger partial charge >= 0.3 is 0 Å². The highest BCUT2D eigenvalue weighted by molar-refractivity contribution is 5.75. The van der Waals surface area contributed by atoms with Crippen molar-refractivity contribution in [1.29, 1.82) is 0 Å². The minimum Gasteiger partial charge on any atom is -0.328 e. The molecule has 2 rings (SSSR count). The summed E-state index contributed by atoms with van der Waals surface area (Å²) >= 11 is 0. The standard InChI is InChI=1S/C16H24N2/c1-3-5-7-12-16-17-14-10-8-9-11-15(14)18(16)13-6-4-2/h8-11H,3-7,12-13H2,1-2H3. The predicted octanol–water partition coefficient (Wildman–Crippen LogP) is 4.57. The van der Waals surface area contributed by atoms with E-state index in [4.69, 9.17) is 4.98 Å². The van der Waals surface area contributed by atoms with Gasteiger partial charge in [0, 0.05) is 13.0 Å². The van der Waals surface area contributed by atoms with Crippen LogP contribution in [-0.4, -0.2) is 9.55 Å². The summed E-state index contributed by atoms with van der Waals surface area (Å²) in [6.07, 6.45) is 7.42. The Morgan fingerprint density at radius 3 is 2.56 bits per heavy atom. The Balaban J connectivity index is 2.25. The zero-order chi connectivity index (χ0) is 12.8. The summed E-state index contributed by atoms with van der Waals surface area (Å²) in [5, 5.41) is 0. The van der Waals surface area contributed by atoms with Gasteiger partial charge < -0.3 is 4.57 Å². The van der Waals surface area contributed by atoms with E-state index < -0.39 is 0 Å². The van der Waals surface area contributed by atoms with Gasteiger partial charge in [0.15, 0.2) is 0 Å². The van der Waals surface area contributed by atoms with Gasteiger partial charge in [0.25, 0.3) is 0 Å². The van der Waals surface area contributed by atoms with E-state index in [1.54, 1.807) is 0 Å². The van der Waals surface area contributed by atoms with Crippen LogP contribution in [-0.2, 0) is 13.0 Å². The zero-order valence-electron chi connectivity index (χ0n) is 11.7. The molecule has 1 heterocycles. The lowest BCUT2D eigenvalue weighted by Crippen LogP contribution is -2.04. The first-order chi connectivity index (χ1) is 8.86. The van der Waals surface area contributed by atoms with E-state index in [2.05, 4.69) is 42.7 Å². The van der Waals surface area contributed by atoms with Crippen LogP contribution < -0.4 is 0 Å². The number of fused-ring (bicyclic) bond motifs is 1. The highest BCUT2D eigenvalue weighted by Crippen LogP contribution is 2.18. The molecule has 2 heteroatoms. The number of unbranched alkanes of at least 4 members (excludes halogenated alkanes) is 3.